The van der Waals surface area contributed by atoms with E-state index >= 15 is 0 Å². The second-order valence-electron chi connectivity index (χ2n) is 4.15. The summed E-state index contributed by atoms with van der Waals surface area (Å²) < 4.78 is 26.6. The summed E-state index contributed by atoms with van der Waals surface area (Å²) in [5.74, 6) is -1.59. The van der Waals surface area contributed by atoms with Crippen molar-refractivity contribution in [1.29, 1.82) is 0 Å². The quantitative estimate of drug-likeness (QED) is 0.774. The molecule has 1 aromatic carbocycles. The molecule has 0 amide bonds. The first-order valence-electron chi connectivity index (χ1n) is 5.75. The number of carbonyl (C=O) groups is 1. The van der Waals surface area contributed by atoms with Gasteiger partial charge in [0.2, 0.25) is 5.95 Å². The predicted octanol–water partition coefficient (Wildman–Crippen LogP) is -0.973. The van der Waals surface area contributed by atoms with Crippen molar-refractivity contribution in [3.05, 3.63) is 23.8 Å². The van der Waals surface area contributed by atoms with Gasteiger partial charge in [-0.15, -0.1) is 0 Å². The molecule has 0 fully saturated rings. The average Bonchev–Trinajstić information content (AvgIpc) is 2.72. The van der Waals surface area contributed by atoms with Gasteiger partial charge in [0.15, 0.2) is 0 Å². The second-order valence-corrected chi connectivity index (χ2v) is 6.03. The molecule has 0 spiro atoms. The molecular formula is C11H13N4O4S-. The van der Waals surface area contributed by atoms with Crippen LogP contribution < -0.4 is 10.8 Å². The third kappa shape index (κ3) is 2.10. The van der Waals surface area contributed by atoms with Crippen LogP contribution >= 0.6 is 0 Å². The minimum atomic E-state index is -3.84. The van der Waals surface area contributed by atoms with E-state index in [0.29, 0.717) is 0 Å². The Labute approximate surface area is 115 Å². The number of imidazole rings is 1. The Morgan fingerprint density at radius 1 is 1.50 bits per heavy atom. The van der Waals surface area contributed by atoms with E-state index in [1.165, 1.54) is 25.2 Å². The van der Waals surface area contributed by atoms with Crippen LogP contribution in [0.25, 0.3) is 11.0 Å². The highest BCUT2D eigenvalue weighted by molar-refractivity contribution is 7.87. The van der Waals surface area contributed by atoms with E-state index in [9.17, 15) is 18.3 Å². The summed E-state index contributed by atoms with van der Waals surface area (Å²) in [6, 6.07) is 3.81. The van der Waals surface area contributed by atoms with Gasteiger partial charge >= 0.3 is 10.2 Å². The third-order valence-corrected chi connectivity index (χ3v) is 4.83. The first kappa shape index (κ1) is 14.3. The smallest absolute Gasteiger partial charge is 0.310 e. The van der Waals surface area contributed by atoms with Crippen molar-refractivity contribution < 1.29 is 18.3 Å². The fourth-order valence-electron chi connectivity index (χ4n) is 1.75. The van der Waals surface area contributed by atoms with Gasteiger partial charge in [-0.3, -0.25) is 0 Å². The first-order chi connectivity index (χ1) is 9.28. The lowest BCUT2D eigenvalue weighted by molar-refractivity contribution is -0.255. The van der Waals surface area contributed by atoms with Crippen molar-refractivity contribution in [2.75, 3.05) is 19.3 Å². The Morgan fingerprint density at radius 3 is 2.70 bits per heavy atom. The Morgan fingerprint density at radius 2 is 2.15 bits per heavy atom. The molecule has 2 rings (SSSR count). The molecule has 0 bridgehead atoms. The SMILES string of the molecule is CCN(C)S(=O)(=O)n1c(N)nc2cc(C(=O)[O-])ccc21. The van der Waals surface area contributed by atoms with Crippen LogP contribution in [0, 0.1) is 0 Å². The van der Waals surface area contributed by atoms with Crippen molar-refractivity contribution in [2.45, 2.75) is 6.92 Å². The highest BCUT2D eigenvalue weighted by Crippen LogP contribution is 2.22. The van der Waals surface area contributed by atoms with E-state index in [4.69, 9.17) is 5.73 Å². The van der Waals surface area contributed by atoms with Crippen LogP contribution in [-0.2, 0) is 10.2 Å². The molecule has 0 radical (unpaired) electrons. The monoisotopic (exact) mass is 297 g/mol. The fraction of sp³-hybridized carbons (Fsp3) is 0.273. The molecule has 0 saturated carbocycles. The standard InChI is InChI=1S/C11H14N4O4S/c1-3-14(2)20(18,19)15-9-5-4-7(10(16)17)6-8(9)13-11(15)12/h4-6H,3H2,1-2H3,(H2,12,13)(H,16,17)/p-1. The lowest BCUT2D eigenvalue weighted by Gasteiger charge is -2.16. The Hall–Kier alpha value is -2.13. The number of rotatable bonds is 4. The van der Waals surface area contributed by atoms with Crippen LogP contribution in [0.1, 0.15) is 17.3 Å². The molecular weight excluding hydrogens is 284 g/mol. The summed E-state index contributed by atoms with van der Waals surface area (Å²) in [5, 5.41) is 10.8. The minimum absolute atomic E-state index is 0.0941. The molecule has 0 aliphatic rings. The number of fused-ring (bicyclic) bond motifs is 1. The van der Waals surface area contributed by atoms with E-state index in [0.717, 1.165) is 8.28 Å². The zero-order valence-corrected chi connectivity index (χ0v) is 11.7. The molecule has 8 nitrogen and oxygen atoms in total. The lowest BCUT2D eigenvalue weighted by Crippen LogP contribution is -2.32. The van der Waals surface area contributed by atoms with Crippen molar-refractivity contribution in [2.24, 2.45) is 0 Å². The number of nitrogens with zero attached hydrogens (tertiary/aromatic N) is 3. The normalized spacial score (nSPS) is 12.2. The summed E-state index contributed by atoms with van der Waals surface area (Å²) in [6.07, 6.45) is 0. The van der Waals surface area contributed by atoms with Crippen molar-refractivity contribution in [3.63, 3.8) is 0 Å². The largest absolute Gasteiger partial charge is 0.545 e. The zero-order valence-electron chi connectivity index (χ0n) is 10.9. The second kappa shape index (κ2) is 4.76. The van der Waals surface area contributed by atoms with Crippen LogP contribution in [0.2, 0.25) is 0 Å². The van der Waals surface area contributed by atoms with Crippen LogP contribution in [0.15, 0.2) is 18.2 Å². The number of anilines is 1. The van der Waals surface area contributed by atoms with Gasteiger partial charge in [-0.25, -0.2) is 4.98 Å². The maximum Gasteiger partial charge on any atom is 0.310 e. The van der Waals surface area contributed by atoms with Gasteiger partial charge in [-0.05, 0) is 17.7 Å². The third-order valence-electron chi connectivity index (χ3n) is 2.94. The lowest BCUT2D eigenvalue weighted by atomic mass is 10.2. The number of nitrogen functional groups attached to an aromatic ring is 1. The maximum atomic E-state index is 12.3. The van der Waals surface area contributed by atoms with E-state index in [2.05, 4.69) is 4.98 Å². The topological polar surface area (TPSA) is 121 Å². The number of carboxylic acids is 1. The number of nitrogens with two attached hydrogens (primary N) is 1. The highest BCUT2D eigenvalue weighted by Gasteiger charge is 2.24. The number of hydrogen-bond donors (Lipinski definition) is 1. The van der Waals surface area contributed by atoms with Crippen LogP contribution in [0.3, 0.4) is 0 Å². The summed E-state index contributed by atoms with van der Waals surface area (Å²) in [7, 11) is -2.42. The summed E-state index contributed by atoms with van der Waals surface area (Å²) in [5.41, 5.74) is 5.94. The van der Waals surface area contributed by atoms with E-state index < -0.39 is 16.2 Å². The van der Waals surface area contributed by atoms with Gasteiger partial charge in [-0.1, -0.05) is 13.0 Å². The molecule has 2 N–H and O–H groups in total. The predicted molar refractivity (Wildman–Crippen MR) is 71.1 cm³/mol. The number of carboxylic acid groups (broad SMARTS) is 1. The summed E-state index contributed by atoms with van der Waals surface area (Å²) in [6.45, 7) is 1.94. The summed E-state index contributed by atoms with van der Waals surface area (Å²) >= 11 is 0. The molecule has 9 heteroatoms. The number of hydrogen-bond acceptors (Lipinski definition) is 6. The van der Waals surface area contributed by atoms with E-state index in [-0.39, 0.29) is 29.1 Å². The Bertz CT molecular complexity index is 781. The van der Waals surface area contributed by atoms with E-state index in [1.807, 2.05) is 0 Å². The molecule has 1 aromatic heterocycles. The van der Waals surface area contributed by atoms with Gasteiger partial charge in [-0.2, -0.15) is 16.7 Å². The first-order valence-corrected chi connectivity index (χ1v) is 7.15. The molecule has 20 heavy (non-hydrogen) atoms. The average molecular weight is 297 g/mol. The molecule has 0 aliphatic carbocycles. The zero-order chi connectivity index (χ0) is 15.1. The number of benzene rings is 1. The minimum Gasteiger partial charge on any atom is -0.545 e. The van der Waals surface area contributed by atoms with Crippen LogP contribution in [0.4, 0.5) is 5.95 Å². The van der Waals surface area contributed by atoms with Crippen molar-refractivity contribution in [3.8, 4) is 0 Å². The van der Waals surface area contributed by atoms with Gasteiger partial charge in [0, 0.05) is 13.6 Å². The van der Waals surface area contributed by atoms with Gasteiger partial charge in [0.1, 0.15) is 0 Å². The molecule has 1 heterocycles. The molecule has 0 aliphatic heterocycles. The highest BCUT2D eigenvalue weighted by atomic mass is 32.2. The molecule has 2 aromatic rings. The molecule has 0 saturated heterocycles. The van der Waals surface area contributed by atoms with Crippen LogP contribution in [-0.4, -0.2) is 41.2 Å². The van der Waals surface area contributed by atoms with Crippen LogP contribution in [0.5, 0.6) is 0 Å². The van der Waals surface area contributed by atoms with E-state index in [1.54, 1.807) is 6.92 Å². The number of carbonyl (C=O) groups excluding carboxylic acids is 1. The number of aromatic nitrogens is 2. The van der Waals surface area contributed by atoms with Gasteiger partial charge in [0.25, 0.3) is 0 Å². The summed E-state index contributed by atoms with van der Waals surface area (Å²) in [4.78, 5) is 14.7. The molecule has 0 unspecified atom stereocenters. The molecule has 108 valence electrons. The van der Waals surface area contributed by atoms with Crippen molar-refractivity contribution in [1.82, 2.24) is 13.3 Å². The Kier molecular flexibility index (Phi) is 3.40. The molecule has 0 atom stereocenters. The van der Waals surface area contributed by atoms with Crippen molar-refractivity contribution >= 4 is 33.2 Å². The van der Waals surface area contributed by atoms with Gasteiger partial charge < -0.3 is 15.6 Å². The van der Waals surface area contributed by atoms with Gasteiger partial charge in [0.05, 0.1) is 17.0 Å². The fourth-order valence-corrected chi connectivity index (χ4v) is 3.03. The Balaban J connectivity index is 2.73. The number of aromatic carboxylic acids is 1. The maximum absolute atomic E-state index is 12.3.